The van der Waals surface area contributed by atoms with Crippen molar-refractivity contribution < 1.29 is 28.5 Å². The molecule has 4 rings (SSSR count). The largest absolute Gasteiger partial charge is 0.362 e. The summed E-state index contributed by atoms with van der Waals surface area (Å²) in [6.07, 6.45) is -0.525. The highest BCUT2D eigenvalue weighted by Gasteiger charge is 2.51. The van der Waals surface area contributed by atoms with Gasteiger partial charge in [-0.15, -0.1) is 11.8 Å². The summed E-state index contributed by atoms with van der Waals surface area (Å²) in [6, 6.07) is 19.1. The first-order chi connectivity index (χ1) is 15.7. The maximum absolute atomic E-state index is 12.0. The van der Waals surface area contributed by atoms with Crippen LogP contribution in [0.4, 0.5) is 0 Å². The van der Waals surface area contributed by atoms with Gasteiger partial charge in [-0.1, -0.05) is 60.7 Å². The lowest BCUT2D eigenvalue weighted by Crippen LogP contribution is -2.67. The highest BCUT2D eigenvalue weighted by atomic mass is 32.2. The van der Waals surface area contributed by atoms with Gasteiger partial charge in [-0.3, -0.25) is 4.79 Å². The van der Waals surface area contributed by atoms with Crippen LogP contribution >= 0.6 is 11.8 Å². The van der Waals surface area contributed by atoms with E-state index >= 15 is 0 Å². The number of amides is 1. The van der Waals surface area contributed by atoms with Crippen molar-refractivity contribution in [2.75, 3.05) is 18.8 Å². The highest BCUT2D eigenvalue weighted by molar-refractivity contribution is 7.98. The van der Waals surface area contributed by atoms with Crippen molar-refractivity contribution in [1.29, 1.82) is 0 Å². The smallest absolute Gasteiger partial charge is 0.217 e. The number of thioether (sulfide) groups is 1. The molecular weight excluding hydrogens is 430 g/mol. The van der Waals surface area contributed by atoms with E-state index in [4.69, 9.17) is 23.7 Å². The number of carbonyl (C=O) groups is 1. The van der Waals surface area contributed by atoms with Gasteiger partial charge in [-0.25, -0.2) is 0 Å². The molecule has 2 fully saturated rings. The van der Waals surface area contributed by atoms with Crippen molar-refractivity contribution in [1.82, 2.24) is 5.32 Å². The highest BCUT2D eigenvalue weighted by Crippen LogP contribution is 2.36. The van der Waals surface area contributed by atoms with Crippen LogP contribution in [-0.4, -0.2) is 55.4 Å². The molecule has 2 aromatic rings. The van der Waals surface area contributed by atoms with E-state index < -0.39 is 30.8 Å². The minimum atomic E-state index is -0.701. The first-order valence-corrected chi connectivity index (χ1v) is 12.1. The molecule has 0 aliphatic carbocycles. The predicted octanol–water partition coefficient (Wildman–Crippen LogP) is 3.25. The molecule has 2 heterocycles. The van der Waals surface area contributed by atoms with Gasteiger partial charge >= 0.3 is 0 Å². The van der Waals surface area contributed by atoms with Crippen molar-refractivity contribution in [3.05, 3.63) is 71.8 Å². The van der Waals surface area contributed by atoms with Crippen molar-refractivity contribution >= 4 is 17.7 Å². The number of carbonyl (C=O) groups excluding carboxylic acids is 1. The van der Waals surface area contributed by atoms with Gasteiger partial charge in [0.15, 0.2) is 12.6 Å². The van der Waals surface area contributed by atoms with Crippen LogP contribution in [0.25, 0.3) is 0 Å². The minimum absolute atomic E-state index is 0.185. The molecular formula is C24H29NO6S. The third-order valence-electron chi connectivity index (χ3n) is 5.42. The van der Waals surface area contributed by atoms with Gasteiger partial charge in [-0.2, -0.15) is 0 Å². The van der Waals surface area contributed by atoms with Crippen molar-refractivity contribution in [3.8, 4) is 0 Å². The van der Waals surface area contributed by atoms with Crippen LogP contribution < -0.4 is 5.32 Å². The summed E-state index contributed by atoms with van der Waals surface area (Å²) in [5, 5.41) is 2.97. The zero-order chi connectivity index (χ0) is 22.3. The van der Waals surface area contributed by atoms with Gasteiger partial charge < -0.3 is 29.0 Å². The van der Waals surface area contributed by atoms with Crippen LogP contribution in [-0.2, 0) is 35.1 Å². The standard InChI is InChI=1S/C24H29NO6S/c1-16(26)25-20-22(29-15-32-2)21-19(14-28-23(31-21)18-11-7-4-8-12-18)30-24(20)27-13-17-9-5-3-6-10-17/h3-12,19-24H,13-15H2,1-2H3,(H,25,26)/t19-,20?,21-,22-,23?,24?/m0/s1. The fourth-order valence-electron chi connectivity index (χ4n) is 3.98. The van der Waals surface area contributed by atoms with Crippen molar-refractivity contribution in [2.24, 2.45) is 0 Å². The van der Waals surface area contributed by atoms with E-state index in [1.54, 1.807) is 11.8 Å². The molecule has 0 bridgehead atoms. The Bertz CT molecular complexity index is 854. The summed E-state index contributed by atoms with van der Waals surface area (Å²) in [5.41, 5.74) is 1.94. The van der Waals surface area contributed by atoms with E-state index in [0.29, 0.717) is 19.2 Å². The Morgan fingerprint density at radius 3 is 2.47 bits per heavy atom. The van der Waals surface area contributed by atoms with E-state index in [1.165, 1.54) is 6.92 Å². The summed E-state index contributed by atoms with van der Waals surface area (Å²) in [6.45, 7) is 2.16. The van der Waals surface area contributed by atoms with Gasteiger partial charge in [0.05, 0.1) is 19.2 Å². The Hall–Kier alpha value is -1.94. The summed E-state index contributed by atoms with van der Waals surface area (Å²) in [5.74, 6) is 0.269. The van der Waals surface area contributed by atoms with Crippen LogP contribution in [0.5, 0.6) is 0 Å². The molecule has 0 radical (unpaired) electrons. The second-order valence-corrected chi connectivity index (χ2v) is 8.59. The van der Waals surface area contributed by atoms with E-state index in [2.05, 4.69) is 5.32 Å². The van der Waals surface area contributed by atoms with E-state index in [1.807, 2.05) is 66.9 Å². The second kappa shape index (κ2) is 11.3. The molecule has 2 saturated heterocycles. The van der Waals surface area contributed by atoms with E-state index in [9.17, 15) is 4.79 Å². The average Bonchev–Trinajstić information content (AvgIpc) is 2.82. The molecule has 6 atom stereocenters. The number of benzene rings is 2. The molecule has 3 unspecified atom stereocenters. The van der Waals surface area contributed by atoms with Crippen LogP contribution in [0, 0.1) is 0 Å². The number of nitrogens with one attached hydrogen (secondary N) is 1. The first kappa shape index (κ1) is 23.2. The van der Waals surface area contributed by atoms with Crippen molar-refractivity contribution in [2.45, 2.75) is 50.5 Å². The average molecular weight is 460 g/mol. The van der Waals surface area contributed by atoms with E-state index in [-0.39, 0.29) is 12.0 Å². The van der Waals surface area contributed by atoms with Gasteiger partial charge in [0, 0.05) is 12.5 Å². The molecule has 32 heavy (non-hydrogen) atoms. The number of ether oxygens (including phenoxy) is 5. The lowest BCUT2D eigenvalue weighted by molar-refractivity contribution is -0.348. The maximum Gasteiger partial charge on any atom is 0.217 e. The number of hydrogen-bond acceptors (Lipinski definition) is 7. The molecule has 172 valence electrons. The fraction of sp³-hybridized carbons (Fsp3) is 0.458. The quantitative estimate of drug-likeness (QED) is 0.608. The summed E-state index contributed by atoms with van der Waals surface area (Å²) in [4.78, 5) is 12.0. The predicted molar refractivity (Wildman–Crippen MR) is 121 cm³/mol. The monoisotopic (exact) mass is 459 g/mol. The summed E-state index contributed by atoms with van der Waals surface area (Å²) < 4.78 is 30.8. The molecule has 8 heteroatoms. The maximum atomic E-state index is 12.0. The Morgan fingerprint density at radius 1 is 1.06 bits per heavy atom. The third-order valence-corrected chi connectivity index (χ3v) is 5.79. The summed E-state index contributed by atoms with van der Waals surface area (Å²) >= 11 is 1.56. The molecule has 7 nitrogen and oxygen atoms in total. The van der Waals surface area contributed by atoms with Crippen LogP contribution in [0.3, 0.4) is 0 Å². The number of fused-ring (bicyclic) bond motifs is 1. The second-order valence-electron chi connectivity index (χ2n) is 7.78. The molecule has 1 amide bonds. The molecule has 1 N–H and O–H groups in total. The fourth-order valence-corrected chi connectivity index (χ4v) is 4.27. The van der Waals surface area contributed by atoms with Crippen LogP contribution in [0.1, 0.15) is 24.3 Å². The third kappa shape index (κ3) is 5.70. The van der Waals surface area contributed by atoms with Crippen LogP contribution in [0.2, 0.25) is 0 Å². The topological polar surface area (TPSA) is 75.3 Å². The number of hydrogen-bond donors (Lipinski definition) is 1. The zero-order valence-corrected chi connectivity index (χ0v) is 19.0. The molecule has 0 spiro atoms. The molecule has 2 aliphatic rings. The number of rotatable bonds is 8. The van der Waals surface area contributed by atoms with Gasteiger partial charge in [0.25, 0.3) is 0 Å². The van der Waals surface area contributed by atoms with Gasteiger partial charge in [0.2, 0.25) is 5.91 Å². The minimum Gasteiger partial charge on any atom is -0.362 e. The van der Waals surface area contributed by atoms with Gasteiger partial charge in [0.1, 0.15) is 24.4 Å². The Kier molecular flexibility index (Phi) is 8.18. The lowest BCUT2D eigenvalue weighted by Gasteiger charge is -2.49. The molecule has 2 aromatic carbocycles. The molecule has 0 aromatic heterocycles. The lowest BCUT2D eigenvalue weighted by atomic mass is 9.95. The molecule has 0 saturated carbocycles. The Morgan fingerprint density at radius 2 is 1.78 bits per heavy atom. The Labute approximate surface area is 192 Å². The van der Waals surface area contributed by atoms with Crippen LogP contribution in [0.15, 0.2) is 60.7 Å². The molecule has 2 aliphatic heterocycles. The SMILES string of the molecule is CSCO[C@H]1C(NC(C)=O)C(OCc2ccccc2)O[C@H]2COC(c3ccccc3)O[C@@H]21. The summed E-state index contributed by atoms with van der Waals surface area (Å²) in [7, 11) is 0. The first-order valence-electron chi connectivity index (χ1n) is 10.7. The van der Waals surface area contributed by atoms with Crippen molar-refractivity contribution in [3.63, 3.8) is 0 Å². The zero-order valence-electron chi connectivity index (χ0n) is 18.2. The Balaban J connectivity index is 1.54. The van der Waals surface area contributed by atoms with Gasteiger partial charge in [-0.05, 0) is 11.8 Å². The van der Waals surface area contributed by atoms with E-state index in [0.717, 1.165) is 11.1 Å². The normalized spacial score (nSPS) is 29.8.